The number of nitrogens with one attached hydrogen (secondary N) is 1. The third-order valence-corrected chi connectivity index (χ3v) is 4.09. The van der Waals surface area contributed by atoms with Crippen LogP contribution < -0.4 is 16.0 Å². The van der Waals surface area contributed by atoms with Gasteiger partial charge in [0.25, 0.3) is 0 Å². The van der Waals surface area contributed by atoms with Crippen molar-refractivity contribution in [2.75, 3.05) is 7.11 Å². The molecule has 1 unspecified atom stereocenters. The minimum atomic E-state index is -0.00708. The van der Waals surface area contributed by atoms with Gasteiger partial charge in [0, 0.05) is 14.5 Å². The van der Waals surface area contributed by atoms with Crippen LogP contribution in [0.3, 0.4) is 0 Å². The van der Waals surface area contributed by atoms with Crippen LogP contribution in [-0.2, 0) is 6.42 Å². The van der Waals surface area contributed by atoms with Gasteiger partial charge in [0.2, 0.25) is 0 Å². The van der Waals surface area contributed by atoms with Gasteiger partial charge in [-0.3, -0.25) is 11.3 Å². The molecule has 0 heterocycles. The zero-order valence-corrected chi connectivity index (χ0v) is 14.2. The zero-order chi connectivity index (χ0) is 14.5. The summed E-state index contributed by atoms with van der Waals surface area (Å²) in [4.78, 5) is 0. The van der Waals surface area contributed by atoms with Gasteiger partial charge in [0.1, 0.15) is 5.75 Å². The van der Waals surface area contributed by atoms with Crippen LogP contribution in [0.2, 0.25) is 0 Å². The highest BCUT2D eigenvalue weighted by Crippen LogP contribution is 2.30. The molecule has 0 aliphatic carbocycles. The van der Waals surface area contributed by atoms with Crippen LogP contribution >= 0.6 is 31.9 Å². The maximum absolute atomic E-state index is 5.72. The van der Waals surface area contributed by atoms with E-state index in [1.54, 1.807) is 7.11 Å². The molecule has 0 amide bonds. The largest absolute Gasteiger partial charge is 0.496 e. The van der Waals surface area contributed by atoms with E-state index in [-0.39, 0.29) is 6.04 Å². The number of halogens is 2. The summed E-state index contributed by atoms with van der Waals surface area (Å²) in [5.74, 6) is 6.54. The highest BCUT2D eigenvalue weighted by Gasteiger charge is 2.15. The Kier molecular flexibility index (Phi) is 5.60. The molecule has 3 nitrogen and oxygen atoms in total. The molecule has 20 heavy (non-hydrogen) atoms. The average Bonchev–Trinajstić information content (AvgIpc) is 2.45. The van der Waals surface area contributed by atoms with Crippen LogP contribution in [0.5, 0.6) is 5.75 Å². The third-order valence-electron chi connectivity index (χ3n) is 3.10. The van der Waals surface area contributed by atoms with E-state index in [0.29, 0.717) is 0 Å². The van der Waals surface area contributed by atoms with Crippen LogP contribution in [-0.4, -0.2) is 7.11 Å². The van der Waals surface area contributed by atoms with Crippen LogP contribution in [0.1, 0.15) is 17.2 Å². The summed E-state index contributed by atoms with van der Waals surface area (Å²) in [7, 11) is 1.66. The number of hydrogen-bond donors (Lipinski definition) is 2. The predicted octanol–water partition coefficient (Wildman–Crippen LogP) is 3.97. The molecule has 0 aliphatic rings. The number of hydrazine groups is 1. The molecule has 0 aliphatic heterocycles. The smallest absolute Gasteiger partial charge is 0.124 e. The summed E-state index contributed by atoms with van der Waals surface area (Å²) < 4.78 is 7.48. The highest BCUT2D eigenvalue weighted by atomic mass is 79.9. The molecule has 0 saturated heterocycles. The van der Waals surface area contributed by atoms with Crippen molar-refractivity contribution in [3.8, 4) is 5.75 Å². The fourth-order valence-electron chi connectivity index (χ4n) is 2.13. The van der Waals surface area contributed by atoms with Crippen molar-refractivity contribution in [2.45, 2.75) is 12.5 Å². The molecular formula is C15H16Br2N2O. The van der Waals surface area contributed by atoms with Gasteiger partial charge in [0.05, 0.1) is 13.2 Å². The van der Waals surface area contributed by atoms with Gasteiger partial charge in [-0.05, 0) is 36.2 Å². The van der Waals surface area contributed by atoms with Crippen molar-refractivity contribution in [2.24, 2.45) is 5.84 Å². The summed E-state index contributed by atoms with van der Waals surface area (Å²) >= 11 is 6.93. The first-order chi connectivity index (χ1) is 9.63. The van der Waals surface area contributed by atoms with E-state index in [4.69, 9.17) is 10.6 Å². The fourth-order valence-corrected chi connectivity index (χ4v) is 2.92. The highest BCUT2D eigenvalue weighted by molar-refractivity contribution is 9.10. The SMILES string of the molecule is COc1cc(Br)ccc1C(Cc1cccc(Br)c1)NN. The second-order valence-electron chi connectivity index (χ2n) is 4.44. The van der Waals surface area contributed by atoms with Crippen molar-refractivity contribution < 1.29 is 4.74 Å². The molecule has 3 N–H and O–H groups in total. The number of hydrogen-bond acceptors (Lipinski definition) is 3. The first-order valence-corrected chi connectivity index (χ1v) is 7.76. The second-order valence-corrected chi connectivity index (χ2v) is 6.27. The van der Waals surface area contributed by atoms with Crippen molar-refractivity contribution in [1.29, 1.82) is 0 Å². The first-order valence-electron chi connectivity index (χ1n) is 6.18. The Morgan fingerprint density at radius 1 is 1.15 bits per heavy atom. The summed E-state index contributed by atoms with van der Waals surface area (Å²) in [5.41, 5.74) is 5.11. The van der Waals surface area contributed by atoms with Gasteiger partial charge in [-0.2, -0.15) is 0 Å². The molecule has 5 heteroatoms. The standard InChI is InChI=1S/C15H16Br2N2O/c1-20-15-9-12(17)5-6-13(15)14(19-18)8-10-3-2-4-11(16)7-10/h2-7,9,14,19H,8,18H2,1H3. The van der Waals surface area contributed by atoms with E-state index >= 15 is 0 Å². The molecule has 0 bridgehead atoms. The number of benzene rings is 2. The predicted molar refractivity (Wildman–Crippen MR) is 88.6 cm³/mol. The topological polar surface area (TPSA) is 47.3 Å². The Morgan fingerprint density at radius 3 is 2.55 bits per heavy atom. The average molecular weight is 400 g/mol. The Balaban J connectivity index is 2.28. The normalized spacial score (nSPS) is 12.2. The molecular weight excluding hydrogens is 384 g/mol. The third kappa shape index (κ3) is 3.82. The van der Waals surface area contributed by atoms with E-state index in [2.05, 4.69) is 49.4 Å². The molecule has 2 aromatic carbocycles. The lowest BCUT2D eigenvalue weighted by atomic mass is 9.98. The van der Waals surface area contributed by atoms with E-state index in [1.807, 2.05) is 30.3 Å². The van der Waals surface area contributed by atoms with E-state index in [0.717, 1.165) is 26.7 Å². The Morgan fingerprint density at radius 2 is 1.90 bits per heavy atom. The van der Waals surface area contributed by atoms with Crippen molar-refractivity contribution in [3.63, 3.8) is 0 Å². The van der Waals surface area contributed by atoms with Gasteiger partial charge in [-0.15, -0.1) is 0 Å². The minimum Gasteiger partial charge on any atom is -0.496 e. The van der Waals surface area contributed by atoms with Gasteiger partial charge in [-0.25, -0.2) is 0 Å². The van der Waals surface area contributed by atoms with Gasteiger partial charge < -0.3 is 4.74 Å². The van der Waals surface area contributed by atoms with Crippen molar-refractivity contribution in [1.82, 2.24) is 5.43 Å². The maximum Gasteiger partial charge on any atom is 0.124 e. The zero-order valence-electron chi connectivity index (χ0n) is 11.1. The number of rotatable bonds is 5. The summed E-state index contributed by atoms with van der Waals surface area (Å²) in [5, 5.41) is 0. The lowest BCUT2D eigenvalue weighted by Gasteiger charge is -2.19. The van der Waals surface area contributed by atoms with Crippen LogP contribution in [0.15, 0.2) is 51.4 Å². The molecule has 0 aromatic heterocycles. The molecule has 0 spiro atoms. The summed E-state index contributed by atoms with van der Waals surface area (Å²) in [6, 6.07) is 14.2. The van der Waals surface area contributed by atoms with Gasteiger partial charge >= 0.3 is 0 Å². The lowest BCUT2D eigenvalue weighted by molar-refractivity contribution is 0.398. The van der Waals surface area contributed by atoms with Crippen molar-refractivity contribution in [3.05, 3.63) is 62.5 Å². The van der Waals surface area contributed by atoms with Gasteiger partial charge in [0.15, 0.2) is 0 Å². The Labute approximate surface area is 135 Å². The number of nitrogens with two attached hydrogens (primary N) is 1. The van der Waals surface area contributed by atoms with Gasteiger partial charge in [-0.1, -0.05) is 50.1 Å². The number of methoxy groups -OCH3 is 1. The quantitative estimate of drug-likeness (QED) is 0.590. The molecule has 2 aromatic rings. The summed E-state index contributed by atoms with van der Waals surface area (Å²) in [6.45, 7) is 0. The van der Waals surface area contributed by atoms with Crippen LogP contribution in [0, 0.1) is 0 Å². The van der Waals surface area contributed by atoms with Crippen LogP contribution in [0.4, 0.5) is 0 Å². The maximum atomic E-state index is 5.72. The molecule has 2 rings (SSSR count). The second kappa shape index (κ2) is 7.22. The molecule has 0 fully saturated rings. The Hall–Kier alpha value is -0.880. The van der Waals surface area contributed by atoms with E-state index in [9.17, 15) is 0 Å². The van der Waals surface area contributed by atoms with Crippen molar-refractivity contribution >= 4 is 31.9 Å². The number of ether oxygens (including phenoxy) is 1. The monoisotopic (exact) mass is 398 g/mol. The molecule has 0 saturated carbocycles. The molecule has 0 radical (unpaired) electrons. The molecule has 1 atom stereocenters. The fraction of sp³-hybridized carbons (Fsp3) is 0.200. The first kappa shape index (κ1) is 15.5. The minimum absolute atomic E-state index is 0.00708. The van der Waals surface area contributed by atoms with Crippen LogP contribution in [0.25, 0.3) is 0 Å². The Bertz CT molecular complexity index is 590. The molecule has 106 valence electrons. The van der Waals surface area contributed by atoms with E-state index in [1.165, 1.54) is 5.56 Å². The lowest BCUT2D eigenvalue weighted by Crippen LogP contribution is -2.29. The summed E-state index contributed by atoms with van der Waals surface area (Å²) in [6.07, 6.45) is 0.786. The van der Waals surface area contributed by atoms with E-state index < -0.39 is 0 Å².